The minimum absolute atomic E-state index is 0.404. The zero-order chi connectivity index (χ0) is 19.0. The summed E-state index contributed by atoms with van der Waals surface area (Å²) >= 11 is 0. The molecule has 3 aromatic carbocycles. The second-order valence-corrected chi connectivity index (χ2v) is 9.02. The van der Waals surface area contributed by atoms with E-state index in [1.807, 2.05) is 36.4 Å². The van der Waals surface area contributed by atoms with Crippen LogP contribution in [0.1, 0.15) is 11.1 Å². The molecule has 0 aromatic heterocycles. The van der Waals surface area contributed by atoms with E-state index in [9.17, 15) is 8.42 Å². The smallest absolute Gasteiger partial charge is 0.243 e. The van der Waals surface area contributed by atoms with E-state index in [0.29, 0.717) is 31.1 Å². The largest absolute Gasteiger partial charge is 0.368 e. The molecule has 0 aliphatic carbocycles. The van der Waals surface area contributed by atoms with Gasteiger partial charge in [0.1, 0.15) is 0 Å². The molecule has 1 aliphatic heterocycles. The second-order valence-electron chi connectivity index (χ2n) is 7.11. The molecule has 1 heterocycles. The fraction of sp³-hybridized carbons (Fsp3) is 0.273. The average molecular weight is 381 g/mol. The van der Waals surface area contributed by atoms with E-state index in [1.165, 1.54) is 16.8 Å². The molecule has 4 rings (SSSR count). The lowest BCUT2D eigenvalue weighted by atomic mass is 10.1. The molecule has 27 heavy (non-hydrogen) atoms. The highest BCUT2D eigenvalue weighted by molar-refractivity contribution is 7.89. The Bertz CT molecular complexity index is 1060. The summed E-state index contributed by atoms with van der Waals surface area (Å²) in [6.45, 7) is 6.63. The maximum absolute atomic E-state index is 13.3. The number of benzene rings is 3. The first kappa shape index (κ1) is 18.0. The molecule has 0 radical (unpaired) electrons. The normalized spacial score (nSPS) is 16.0. The molecule has 0 unspecified atom stereocenters. The van der Waals surface area contributed by atoms with Crippen LogP contribution in [0.3, 0.4) is 0 Å². The highest BCUT2D eigenvalue weighted by Crippen LogP contribution is 2.29. The fourth-order valence-corrected chi connectivity index (χ4v) is 5.65. The third-order valence-electron chi connectivity index (χ3n) is 5.36. The molecule has 4 nitrogen and oxygen atoms in total. The van der Waals surface area contributed by atoms with E-state index >= 15 is 0 Å². The Morgan fingerprint density at radius 2 is 1.33 bits per heavy atom. The molecule has 0 atom stereocenters. The third-order valence-corrected chi connectivity index (χ3v) is 7.32. The Balaban J connectivity index is 1.60. The minimum Gasteiger partial charge on any atom is -0.368 e. The van der Waals surface area contributed by atoms with Gasteiger partial charge in [-0.2, -0.15) is 4.31 Å². The predicted octanol–water partition coefficient (Wildman–Crippen LogP) is 3.97. The van der Waals surface area contributed by atoms with Crippen LogP contribution in [-0.4, -0.2) is 38.9 Å². The van der Waals surface area contributed by atoms with Crippen molar-refractivity contribution in [1.82, 2.24) is 4.31 Å². The number of rotatable bonds is 3. The van der Waals surface area contributed by atoms with Gasteiger partial charge in [0.2, 0.25) is 10.0 Å². The molecule has 1 fully saturated rings. The number of aryl methyl sites for hydroxylation is 2. The summed E-state index contributed by atoms with van der Waals surface area (Å²) < 4.78 is 28.2. The molecule has 1 saturated heterocycles. The highest BCUT2D eigenvalue weighted by Gasteiger charge is 2.30. The highest BCUT2D eigenvalue weighted by atomic mass is 32.2. The van der Waals surface area contributed by atoms with Crippen LogP contribution < -0.4 is 4.90 Å². The SMILES string of the molecule is Cc1cccc(C)c1N1CCN(S(=O)(=O)c2cccc3ccccc23)CC1. The van der Waals surface area contributed by atoms with Crippen molar-refractivity contribution < 1.29 is 8.42 Å². The molecular formula is C22H24N2O2S. The number of hydrogen-bond donors (Lipinski definition) is 0. The Morgan fingerprint density at radius 1 is 0.741 bits per heavy atom. The Kier molecular flexibility index (Phi) is 4.66. The van der Waals surface area contributed by atoms with Crippen molar-refractivity contribution in [2.45, 2.75) is 18.7 Å². The van der Waals surface area contributed by atoms with E-state index in [2.05, 4.69) is 36.9 Å². The molecule has 5 heteroatoms. The van der Waals surface area contributed by atoms with E-state index in [4.69, 9.17) is 0 Å². The molecule has 0 saturated carbocycles. The minimum atomic E-state index is -3.51. The lowest BCUT2D eigenvalue weighted by Crippen LogP contribution is -2.49. The van der Waals surface area contributed by atoms with Crippen molar-refractivity contribution in [3.05, 3.63) is 71.8 Å². The van der Waals surface area contributed by atoms with Gasteiger partial charge in [0.25, 0.3) is 0 Å². The Labute approximate surface area is 161 Å². The quantitative estimate of drug-likeness (QED) is 0.690. The standard InChI is InChI=1S/C22H24N2O2S/c1-17-7-5-8-18(2)22(17)23-13-15-24(16-14-23)27(25,26)21-12-6-10-19-9-3-4-11-20(19)21/h3-12H,13-16H2,1-2H3. The van der Waals surface area contributed by atoms with Gasteiger partial charge in [-0.15, -0.1) is 0 Å². The lowest BCUT2D eigenvalue weighted by Gasteiger charge is -2.37. The monoisotopic (exact) mass is 380 g/mol. The van der Waals surface area contributed by atoms with Crippen LogP contribution in [-0.2, 0) is 10.0 Å². The average Bonchev–Trinajstić information content (AvgIpc) is 2.68. The Morgan fingerprint density at radius 3 is 2.04 bits per heavy atom. The van der Waals surface area contributed by atoms with Gasteiger partial charge in [-0.05, 0) is 36.4 Å². The van der Waals surface area contributed by atoms with Crippen molar-refractivity contribution in [2.24, 2.45) is 0 Å². The van der Waals surface area contributed by atoms with Crippen LogP contribution in [0.25, 0.3) is 10.8 Å². The third kappa shape index (κ3) is 3.22. The molecule has 0 amide bonds. The first-order valence-electron chi connectivity index (χ1n) is 9.27. The zero-order valence-electron chi connectivity index (χ0n) is 15.7. The summed E-state index contributed by atoms with van der Waals surface area (Å²) in [6, 6.07) is 19.4. The molecule has 0 N–H and O–H groups in total. The lowest BCUT2D eigenvalue weighted by molar-refractivity contribution is 0.385. The first-order valence-corrected chi connectivity index (χ1v) is 10.7. The molecule has 0 bridgehead atoms. The maximum Gasteiger partial charge on any atom is 0.243 e. The van der Waals surface area contributed by atoms with Crippen LogP contribution in [0.5, 0.6) is 0 Å². The molecule has 140 valence electrons. The number of nitrogens with zero attached hydrogens (tertiary/aromatic N) is 2. The van der Waals surface area contributed by atoms with E-state index in [0.717, 1.165) is 10.8 Å². The summed E-state index contributed by atoms with van der Waals surface area (Å²) in [5.74, 6) is 0. The van der Waals surface area contributed by atoms with Gasteiger partial charge in [0, 0.05) is 37.3 Å². The van der Waals surface area contributed by atoms with E-state index in [-0.39, 0.29) is 0 Å². The number of piperazine rings is 1. The second kappa shape index (κ2) is 6.98. The molecule has 1 aliphatic rings. The van der Waals surface area contributed by atoms with Gasteiger partial charge in [0.05, 0.1) is 4.90 Å². The van der Waals surface area contributed by atoms with Crippen LogP contribution in [0.15, 0.2) is 65.6 Å². The Hall–Kier alpha value is -2.37. The maximum atomic E-state index is 13.3. The van der Waals surface area contributed by atoms with E-state index in [1.54, 1.807) is 10.4 Å². The first-order chi connectivity index (χ1) is 13.0. The van der Waals surface area contributed by atoms with Crippen LogP contribution in [0.2, 0.25) is 0 Å². The van der Waals surface area contributed by atoms with E-state index < -0.39 is 10.0 Å². The van der Waals surface area contributed by atoms with Crippen molar-refractivity contribution >= 4 is 26.5 Å². The van der Waals surface area contributed by atoms with Crippen LogP contribution >= 0.6 is 0 Å². The van der Waals surface area contributed by atoms with Gasteiger partial charge >= 0.3 is 0 Å². The van der Waals surface area contributed by atoms with Crippen LogP contribution in [0.4, 0.5) is 5.69 Å². The zero-order valence-corrected chi connectivity index (χ0v) is 16.5. The van der Waals surface area contributed by atoms with Crippen molar-refractivity contribution in [3.8, 4) is 0 Å². The summed E-state index contributed by atoms with van der Waals surface area (Å²) in [5.41, 5.74) is 3.71. The summed E-state index contributed by atoms with van der Waals surface area (Å²) in [5, 5.41) is 1.74. The predicted molar refractivity (Wildman–Crippen MR) is 111 cm³/mol. The van der Waals surface area contributed by atoms with Gasteiger partial charge in [-0.1, -0.05) is 54.6 Å². The summed E-state index contributed by atoms with van der Waals surface area (Å²) in [6.07, 6.45) is 0. The number of para-hydroxylation sites is 1. The number of sulfonamides is 1. The molecule has 0 spiro atoms. The van der Waals surface area contributed by atoms with Gasteiger partial charge in [-0.3, -0.25) is 0 Å². The number of hydrogen-bond acceptors (Lipinski definition) is 3. The van der Waals surface area contributed by atoms with Gasteiger partial charge < -0.3 is 4.90 Å². The van der Waals surface area contributed by atoms with Crippen molar-refractivity contribution in [1.29, 1.82) is 0 Å². The van der Waals surface area contributed by atoms with Crippen LogP contribution in [0, 0.1) is 13.8 Å². The number of fused-ring (bicyclic) bond motifs is 1. The molecular weight excluding hydrogens is 356 g/mol. The van der Waals surface area contributed by atoms with Gasteiger partial charge in [0.15, 0.2) is 0 Å². The fourth-order valence-electron chi connectivity index (χ4n) is 4.02. The number of anilines is 1. The summed E-state index contributed by atoms with van der Waals surface area (Å²) in [7, 11) is -3.51. The van der Waals surface area contributed by atoms with Crippen molar-refractivity contribution in [2.75, 3.05) is 31.1 Å². The van der Waals surface area contributed by atoms with Gasteiger partial charge in [-0.25, -0.2) is 8.42 Å². The summed E-state index contributed by atoms with van der Waals surface area (Å²) in [4.78, 5) is 2.71. The van der Waals surface area contributed by atoms with Crippen molar-refractivity contribution in [3.63, 3.8) is 0 Å². The molecule has 3 aromatic rings. The topological polar surface area (TPSA) is 40.6 Å².